The zero-order valence-electron chi connectivity index (χ0n) is 8.24. The van der Waals surface area contributed by atoms with Crippen LogP contribution in [0.25, 0.3) is 0 Å². The molecule has 0 aliphatic carbocycles. The third-order valence-corrected chi connectivity index (χ3v) is 4.35. The van der Waals surface area contributed by atoms with Gasteiger partial charge in [-0.2, -0.15) is 0 Å². The number of halogens is 1. The Balaban J connectivity index is 2.06. The fourth-order valence-corrected chi connectivity index (χ4v) is 3.26. The van der Waals surface area contributed by atoms with E-state index >= 15 is 0 Å². The molecule has 2 aromatic rings. The smallest absolute Gasteiger partial charge is 0.0931 e. The van der Waals surface area contributed by atoms with Crippen LogP contribution in [-0.4, -0.2) is 4.98 Å². The molecular weight excluding hydrogens is 248 g/mol. The van der Waals surface area contributed by atoms with Crippen molar-refractivity contribution in [1.29, 1.82) is 0 Å². The SMILES string of the molecule is Cc1ncc(C(N)Cc2ccc(Cl)s2)s1. The number of hydrogen-bond acceptors (Lipinski definition) is 4. The van der Waals surface area contributed by atoms with Crippen molar-refractivity contribution in [3.8, 4) is 0 Å². The van der Waals surface area contributed by atoms with Crippen LogP contribution in [0.1, 0.15) is 20.8 Å². The maximum atomic E-state index is 6.08. The molecule has 80 valence electrons. The minimum absolute atomic E-state index is 0.0333. The normalized spacial score (nSPS) is 13.0. The van der Waals surface area contributed by atoms with E-state index < -0.39 is 0 Å². The van der Waals surface area contributed by atoms with E-state index in [1.807, 2.05) is 25.3 Å². The van der Waals surface area contributed by atoms with E-state index in [9.17, 15) is 0 Å². The standard InChI is InChI=1S/C10H11ClN2S2/c1-6-13-5-9(14-6)8(12)4-7-2-3-10(11)15-7/h2-3,5,8H,4,12H2,1H3. The molecule has 2 N–H and O–H groups in total. The summed E-state index contributed by atoms with van der Waals surface area (Å²) in [6.07, 6.45) is 2.69. The summed E-state index contributed by atoms with van der Waals surface area (Å²) in [6, 6.07) is 3.97. The van der Waals surface area contributed by atoms with Crippen molar-refractivity contribution in [2.45, 2.75) is 19.4 Å². The van der Waals surface area contributed by atoms with Gasteiger partial charge in [-0.15, -0.1) is 22.7 Å². The van der Waals surface area contributed by atoms with Gasteiger partial charge < -0.3 is 5.73 Å². The topological polar surface area (TPSA) is 38.9 Å². The highest BCUT2D eigenvalue weighted by molar-refractivity contribution is 7.16. The van der Waals surface area contributed by atoms with Crippen LogP contribution in [0.2, 0.25) is 4.34 Å². The van der Waals surface area contributed by atoms with Gasteiger partial charge in [0.05, 0.1) is 9.34 Å². The number of aryl methyl sites for hydroxylation is 1. The quantitative estimate of drug-likeness (QED) is 0.916. The van der Waals surface area contributed by atoms with Gasteiger partial charge in [0.1, 0.15) is 0 Å². The van der Waals surface area contributed by atoms with Crippen molar-refractivity contribution in [3.63, 3.8) is 0 Å². The largest absolute Gasteiger partial charge is 0.323 e. The number of rotatable bonds is 3. The summed E-state index contributed by atoms with van der Waals surface area (Å²) in [4.78, 5) is 6.56. The van der Waals surface area contributed by atoms with E-state index in [1.165, 1.54) is 4.88 Å². The van der Waals surface area contributed by atoms with Gasteiger partial charge in [0, 0.05) is 28.4 Å². The second kappa shape index (κ2) is 4.61. The van der Waals surface area contributed by atoms with E-state index in [1.54, 1.807) is 22.7 Å². The summed E-state index contributed by atoms with van der Waals surface area (Å²) in [6.45, 7) is 1.99. The van der Waals surface area contributed by atoms with Crippen LogP contribution < -0.4 is 5.73 Å². The second-order valence-electron chi connectivity index (χ2n) is 3.30. The van der Waals surface area contributed by atoms with Crippen molar-refractivity contribution < 1.29 is 0 Å². The Kier molecular flexibility index (Phi) is 3.41. The predicted molar refractivity (Wildman–Crippen MR) is 66.8 cm³/mol. The summed E-state index contributed by atoms with van der Waals surface area (Å²) in [5.74, 6) is 0. The Morgan fingerprint density at radius 2 is 2.27 bits per heavy atom. The fourth-order valence-electron chi connectivity index (χ4n) is 1.33. The van der Waals surface area contributed by atoms with Gasteiger partial charge in [-0.05, 0) is 19.1 Å². The average molecular weight is 259 g/mol. The minimum atomic E-state index is 0.0333. The number of nitrogens with zero attached hydrogens (tertiary/aromatic N) is 1. The molecule has 1 unspecified atom stereocenters. The Morgan fingerprint density at radius 3 is 2.80 bits per heavy atom. The van der Waals surface area contributed by atoms with Crippen molar-refractivity contribution in [2.24, 2.45) is 5.73 Å². The van der Waals surface area contributed by atoms with Gasteiger partial charge in [0.15, 0.2) is 0 Å². The number of thiazole rings is 1. The Bertz CT molecular complexity index is 450. The number of thiophene rings is 1. The molecule has 0 aliphatic rings. The third-order valence-electron chi connectivity index (χ3n) is 2.05. The van der Waals surface area contributed by atoms with Crippen LogP contribution in [0, 0.1) is 6.92 Å². The van der Waals surface area contributed by atoms with Gasteiger partial charge in [0.2, 0.25) is 0 Å². The Morgan fingerprint density at radius 1 is 1.47 bits per heavy atom. The van der Waals surface area contributed by atoms with Crippen molar-refractivity contribution in [1.82, 2.24) is 4.98 Å². The van der Waals surface area contributed by atoms with Crippen LogP contribution in [0.3, 0.4) is 0 Å². The zero-order chi connectivity index (χ0) is 10.8. The lowest BCUT2D eigenvalue weighted by atomic mass is 10.2. The van der Waals surface area contributed by atoms with Gasteiger partial charge in [-0.3, -0.25) is 0 Å². The van der Waals surface area contributed by atoms with Crippen LogP contribution in [0.4, 0.5) is 0 Å². The molecule has 2 nitrogen and oxygen atoms in total. The summed E-state index contributed by atoms with van der Waals surface area (Å²) >= 11 is 9.11. The molecule has 1 atom stereocenters. The van der Waals surface area contributed by atoms with E-state index in [0.29, 0.717) is 0 Å². The van der Waals surface area contributed by atoms with E-state index in [2.05, 4.69) is 4.98 Å². The molecule has 0 radical (unpaired) electrons. The minimum Gasteiger partial charge on any atom is -0.323 e. The van der Waals surface area contributed by atoms with E-state index in [-0.39, 0.29) is 6.04 Å². The first-order valence-electron chi connectivity index (χ1n) is 4.57. The molecule has 0 saturated heterocycles. The number of nitrogens with two attached hydrogens (primary N) is 1. The average Bonchev–Trinajstić information content (AvgIpc) is 2.75. The van der Waals surface area contributed by atoms with Gasteiger partial charge >= 0.3 is 0 Å². The lowest BCUT2D eigenvalue weighted by Crippen LogP contribution is -2.10. The van der Waals surface area contributed by atoms with Crippen molar-refractivity contribution in [3.05, 3.63) is 37.4 Å². The highest BCUT2D eigenvalue weighted by atomic mass is 35.5. The molecule has 0 aromatic carbocycles. The first-order chi connectivity index (χ1) is 7.15. The molecule has 5 heteroatoms. The molecule has 2 aromatic heterocycles. The van der Waals surface area contributed by atoms with E-state index in [4.69, 9.17) is 17.3 Å². The highest BCUT2D eigenvalue weighted by Crippen LogP contribution is 2.27. The number of aromatic nitrogens is 1. The maximum Gasteiger partial charge on any atom is 0.0931 e. The van der Waals surface area contributed by atoms with Gasteiger partial charge in [0.25, 0.3) is 0 Å². The molecule has 0 bridgehead atoms. The molecule has 0 amide bonds. The molecule has 0 saturated carbocycles. The Labute approximate surface area is 102 Å². The van der Waals surface area contributed by atoms with Gasteiger partial charge in [-0.1, -0.05) is 11.6 Å². The number of hydrogen-bond donors (Lipinski definition) is 1. The third kappa shape index (κ3) is 2.78. The highest BCUT2D eigenvalue weighted by Gasteiger charge is 2.11. The summed E-state index contributed by atoms with van der Waals surface area (Å²) in [5.41, 5.74) is 6.08. The zero-order valence-corrected chi connectivity index (χ0v) is 10.6. The van der Waals surface area contributed by atoms with Crippen molar-refractivity contribution in [2.75, 3.05) is 0 Å². The maximum absolute atomic E-state index is 6.08. The first-order valence-corrected chi connectivity index (χ1v) is 6.58. The monoisotopic (exact) mass is 258 g/mol. The molecule has 0 spiro atoms. The Hall–Kier alpha value is -0.420. The second-order valence-corrected chi connectivity index (χ2v) is 6.36. The summed E-state index contributed by atoms with van der Waals surface area (Å²) in [7, 11) is 0. The molecular formula is C10H11ClN2S2. The molecule has 0 aliphatic heterocycles. The van der Waals surface area contributed by atoms with Crippen LogP contribution >= 0.6 is 34.3 Å². The summed E-state index contributed by atoms with van der Waals surface area (Å²) in [5, 5.41) is 1.06. The summed E-state index contributed by atoms with van der Waals surface area (Å²) < 4.78 is 0.817. The van der Waals surface area contributed by atoms with E-state index in [0.717, 1.165) is 20.6 Å². The van der Waals surface area contributed by atoms with Crippen LogP contribution in [0.5, 0.6) is 0 Å². The van der Waals surface area contributed by atoms with Crippen LogP contribution in [0.15, 0.2) is 18.3 Å². The van der Waals surface area contributed by atoms with Gasteiger partial charge in [-0.25, -0.2) is 4.98 Å². The molecule has 2 rings (SSSR count). The molecule has 2 heterocycles. The molecule has 15 heavy (non-hydrogen) atoms. The fraction of sp³-hybridized carbons (Fsp3) is 0.300. The first kappa shape index (κ1) is 11.1. The van der Waals surface area contributed by atoms with Crippen molar-refractivity contribution >= 4 is 34.3 Å². The lowest BCUT2D eigenvalue weighted by molar-refractivity contribution is 0.743. The lowest BCUT2D eigenvalue weighted by Gasteiger charge is -2.06. The predicted octanol–water partition coefficient (Wildman–Crippen LogP) is 3.41. The molecule has 0 fully saturated rings. The van der Waals surface area contributed by atoms with Crippen LogP contribution in [-0.2, 0) is 6.42 Å².